The lowest BCUT2D eigenvalue weighted by Crippen LogP contribution is -1.83. The lowest BCUT2D eigenvalue weighted by atomic mass is 10.2. The minimum atomic E-state index is 0.851. The van der Waals surface area contributed by atoms with Crippen LogP contribution in [0.25, 0.3) is 10.9 Å². The van der Waals surface area contributed by atoms with E-state index in [4.69, 9.17) is 4.74 Å². The quantitative estimate of drug-likeness (QED) is 0.633. The van der Waals surface area contributed by atoms with Gasteiger partial charge in [0, 0.05) is 17.6 Å². The van der Waals surface area contributed by atoms with Crippen LogP contribution in [0.3, 0.4) is 0 Å². The first kappa shape index (κ1) is 7.10. The van der Waals surface area contributed by atoms with Crippen LogP contribution in [-0.4, -0.2) is 12.1 Å². The first-order valence-corrected chi connectivity index (χ1v) is 3.70. The van der Waals surface area contributed by atoms with Gasteiger partial charge in [0.25, 0.3) is 0 Å². The van der Waals surface area contributed by atoms with Gasteiger partial charge in [0.2, 0.25) is 0 Å². The standard InChI is InChI=1S/C10H8NO/c1-12-9-4-5-10-8(7-9)3-2-6-11-10/h3-7H,1H3. The Labute approximate surface area is 70.8 Å². The van der Waals surface area contributed by atoms with Gasteiger partial charge in [0.05, 0.1) is 12.6 Å². The van der Waals surface area contributed by atoms with Crippen LogP contribution in [0.2, 0.25) is 0 Å². The minimum absolute atomic E-state index is 0.851. The smallest absolute Gasteiger partial charge is 0.119 e. The van der Waals surface area contributed by atoms with Crippen LogP contribution in [0.15, 0.2) is 30.5 Å². The molecule has 0 bridgehead atoms. The maximum Gasteiger partial charge on any atom is 0.119 e. The van der Waals surface area contributed by atoms with Crippen molar-refractivity contribution < 1.29 is 4.74 Å². The van der Waals surface area contributed by atoms with E-state index in [1.807, 2.05) is 24.3 Å². The van der Waals surface area contributed by atoms with Crippen molar-refractivity contribution in [3.63, 3.8) is 0 Å². The van der Waals surface area contributed by atoms with Crippen molar-refractivity contribution in [1.82, 2.24) is 4.98 Å². The van der Waals surface area contributed by atoms with Gasteiger partial charge in [-0.25, -0.2) is 0 Å². The molecule has 2 aromatic rings. The Bertz CT molecular complexity index is 398. The second kappa shape index (κ2) is 2.81. The summed E-state index contributed by atoms with van der Waals surface area (Å²) in [5, 5.41) is 1.05. The molecule has 0 fully saturated rings. The number of aromatic nitrogens is 1. The predicted molar refractivity (Wildman–Crippen MR) is 47.1 cm³/mol. The van der Waals surface area contributed by atoms with Gasteiger partial charge in [-0.3, -0.25) is 4.98 Å². The molecule has 0 unspecified atom stereocenters. The first-order valence-electron chi connectivity index (χ1n) is 3.70. The average molecular weight is 158 g/mol. The summed E-state index contributed by atoms with van der Waals surface area (Å²) in [6.45, 7) is 0. The van der Waals surface area contributed by atoms with Crippen molar-refractivity contribution in [2.24, 2.45) is 0 Å². The fourth-order valence-corrected chi connectivity index (χ4v) is 1.13. The van der Waals surface area contributed by atoms with Gasteiger partial charge < -0.3 is 4.74 Å². The third-order valence-electron chi connectivity index (χ3n) is 1.75. The van der Waals surface area contributed by atoms with E-state index in [0.29, 0.717) is 0 Å². The molecular weight excluding hydrogens is 150 g/mol. The van der Waals surface area contributed by atoms with Crippen LogP contribution in [0.4, 0.5) is 0 Å². The fourth-order valence-electron chi connectivity index (χ4n) is 1.13. The number of fused-ring (bicyclic) bond motifs is 1. The number of rotatable bonds is 1. The molecule has 1 radical (unpaired) electrons. The van der Waals surface area contributed by atoms with E-state index in [9.17, 15) is 0 Å². The van der Waals surface area contributed by atoms with Crippen molar-refractivity contribution >= 4 is 10.9 Å². The van der Waals surface area contributed by atoms with E-state index in [1.165, 1.54) is 0 Å². The average Bonchev–Trinajstić information content (AvgIpc) is 2.17. The zero-order chi connectivity index (χ0) is 8.39. The Morgan fingerprint density at radius 2 is 2.33 bits per heavy atom. The molecule has 2 heteroatoms. The predicted octanol–water partition coefficient (Wildman–Crippen LogP) is 2.04. The summed E-state index contributed by atoms with van der Waals surface area (Å²) in [7, 11) is 1.65. The highest BCUT2D eigenvalue weighted by molar-refractivity contribution is 5.79. The number of pyridine rings is 1. The topological polar surface area (TPSA) is 22.1 Å². The SMILES string of the molecule is COc1ccc2nc[c]cc2c1. The highest BCUT2D eigenvalue weighted by Crippen LogP contribution is 2.17. The van der Waals surface area contributed by atoms with Crippen LogP contribution in [0, 0.1) is 6.07 Å². The summed E-state index contributed by atoms with van der Waals surface area (Å²) in [4.78, 5) is 4.15. The van der Waals surface area contributed by atoms with Crippen LogP contribution in [0.5, 0.6) is 5.75 Å². The maximum atomic E-state index is 5.08. The molecule has 2 rings (SSSR count). The van der Waals surface area contributed by atoms with Crippen molar-refractivity contribution in [2.45, 2.75) is 0 Å². The molecule has 0 saturated heterocycles. The maximum absolute atomic E-state index is 5.08. The summed E-state index contributed by atoms with van der Waals surface area (Å²) >= 11 is 0. The number of ether oxygens (including phenoxy) is 1. The highest BCUT2D eigenvalue weighted by Gasteiger charge is 1.94. The van der Waals surface area contributed by atoms with Gasteiger partial charge >= 0.3 is 0 Å². The van der Waals surface area contributed by atoms with Gasteiger partial charge in [-0.05, 0) is 24.3 Å². The molecule has 1 aromatic heterocycles. The molecule has 1 aromatic carbocycles. The molecule has 0 atom stereocenters. The molecule has 59 valence electrons. The third-order valence-corrected chi connectivity index (χ3v) is 1.75. The minimum Gasteiger partial charge on any atom is -0.497 e. The van der Waals surface area contributed by atoms with E-state index in [-0.39, 0.29) is 0 Å². The molecule has 0 amide bonds. The summed E-state index contributed by atoms with van der Waals surface area (Å²) < 4.78 is 5.08. The van der Waals surface area contributed by atoms with E-state index < -0.39 is 0 Å². The van der Waals surface area contributed by atoms with E-state index >= 15 is 0 Å². The number of nitrogens with zero attached hydrogens (tertiary/aromatic N) is 1. The van der Waals surface area contributed by atoms with Gasteiger partial charge in [-0.2, -0.15) is 0 Å². The van der Waals surface area contributed by atoms with Crippen LogP contribution in [-0.2, 0) is 0 Å². The molecule has 0 N–H and O–H groups in total. The van der Waals surface area contributed by atoms with Crippen molar-refractivity contribution in [1.29, 1.82) is 0 Å². The summed E-state index contributed by atoms with van der Waals surface area (Å²) in [5.74, 6) is 0.851. The van der Waals surface area contributed by atoms with Gasteiger partial charge in [0.15, 0.2) is 0 Å². The van der Waals surface area contributed by atoms with Crippen molar-refractivity contribution in [3.05, 3.63) is 36.5 Å². The lowest BCUT2D eigenvalue weighted by molar-refractivity contribution is 0.415. The summed E-state index contributed by atoms with van der Waals surface area (Å²) in [5.41, 5.74) is 0.967. The third kappa shape index (κ3) is 1.11. The number of hydrogen-bond donors (Lipinski definition) is 0. The molecule has 1 heterocycles. The van der Waals surface area contributed by atoms with Crippen LogP contribution in [0.1, 0.15) is 0 Å². The Morgan fingerprint density at radius 1 is 1.42 bits per heavy atom. The molecule has 2 nitrogen and oxygen atoms in total. The normalized spacial score (nSPS) is 10.1. The summed E-state index contributed by atoms with van der Waals surface area (Å²) in [6.07, 6.45) is 1.66. The lowest BCUT2D eigenvalue weighted by Gasteiger charge is -2.00. The Balaban J connectivity index is 2.67. The second-order valence-electron chi connectivity index (χ2n) is 2.49. The molecule has 0 spiro atoms. The van der Waals surface area contributed by atoms with Crippen LogP contribution < -0.4 is 4.74 Å². The van der Waals surface area contributed by atoms with E-state index in [1.54, 1.807) is 13.3 Å². The molecule has 0 aliphatic carbocycles. The number of methoxy groups -OCH3 is 1. The van der Waals surface area contributed by atoms with Crippen molar-refractivity contribution in [2.75, 3.05) is 7.11 Å². The molecule has 0 aliphatic heterocycles. The van der Waals surface area contributed by atoms with E-state index in [0.717, 1.165) is 16.7 Å². The van der Waals surface area contributed by atoms with Gasteiger partial charge in [-0.15, -0.1) is 0 Å². The molecule has 12 heavy (non-hydrogen) atoms. The van der Waals surface area contributed by atoms with Crippen LogP contribution >= 0.6 is 0 Å². The Morgan fingerprint density at radius 3 is 3.17 bits per heavy atom. The Kier molecular flexibility index (Phi) is 1.67. The van der Waals surface area contributed by atoms with E-state index in [2.05, 4.69) is 11.1 Å². The largest absolute Gasteiger partial charge is 0.497 e. The first-order chi connectivity index (χ1) is 5.90. The van der Waals surface area contributed by atoms with Gasteiger partial charge in [-0.1, -0.05) is 0 Å². The zero-order valence-corrected chi connectivity index (χ0v) is 6.74. The zero-order valence-electron chi connectivity index (χ0n) is 6.74. The van der Waals surface area contributed by atoms with Gasteiger partial charge in [0.1, 0.15) is 5.75 Å². The molecule has 0 saturated carbocycles. The number of benzene rings is 1. The Hall–Kier alpha value is -1.57. The van der Waals surface area contributed by atoms with Crippen molar-refractivity contribution in [3.8, 4) is 5.75 Å². The monoisotopic (exact) mass is 158 g/mol. The summed E-state index contributed by atoms with van der Waals surface area (Å²) in [6, 6.07) is 10.6. The second-order valence-corrected chi connectivity index (χ2v) is 2.49. The fraction of sp³-hybridized carbons (Fsp3) is 0.100. The molecular formula is C10H8NO. The number of hydrogen-bond acceptors (Lipinski definition) is 2. The molecule has 0 aliphatic rings. The highest BCUT2D eigenvalue weighted by atomic mass is 16.5.